The molecule has 7 atom stereocenters. The average Bonchev–Trinajstić information content (AvgIpc) is 2.61. The van der Waals surface area contributed by atoms with E-state index >= 15 is 0 Å². The Morgan fingerprint density at radius 2 is 2.07 bits per heavy atom. The quantitative estimate of drug-likeness (QED) is 0.472. The lowest BCUT2D eigenvalue weighted by Gasteiger charge is -2.34. The molecule has 1 aliphatic carbocycles. The van der Waals surface area contributed by atoms with Crippen molar-refractivity contribution in [1.29, 1.82) is 0 Å². The van der Waals surface area contributed by atoms with Crippen LogP contribution in [0, 0.1) is 11.8 Å². The zero-order chi connectivity index (χ0) is 10.8. The molecule has 0 radical (unpaired) electrons. The second-order valence-corrected chi connectivity index (χ2v) is 5.05. The van der Waals surface area contributed by atoms with Gasteiger partial charge in [-0.05, 0) is 0 Å². The number of halogens is 1. The third-order valence-corrected chi connectivity index (χ3v) is 4.43. The molecule has 0 spiro atoms. The maximum atomic E-state index is 10.3. The SMILES string of the molecule is OC1C[C@H]2[C@H](O)[C@@H](Cl)[C@@]3(O)CO[C@@H](O1)[C@@H]23. The van der Waals surface area contributed by atoms with Crippen LogP contribution < -0.4 is 0 Å². The molecule has 0 aromatic heterocycles. The van der Waals surface area contributed by atoms with Gasteiger partial charge in [0.2, 0.25) is 0 Å². The van der Waals surface area contributed by atoms with Crippen LogP contribution in [0.3, 0.4) is 0 Å². The van der Waals surface area contributed by atoms with Gasteiger partial charge in [0.25, 0.3) is 0 Å². The average molecular weight is 237 g/mol. The van der Waals surface area contributed by atoms with Gasteiger partial charge >= 0.3 is 0 Å². The molecule has 5 nitrogen and oxygen atoms in total. The predicted octanol–water partition coefficient (Wildman–Crippen LogP) is -0.973. The minimum absolute atomic E-state index is 0.0524. The van der Waals surface area contributed by atoms with Crippen LogP contribution in [0.2, 0.25) is 0 Å². The van der Waals surface area contributed by atoms with Crippen LogP contribution in [0.1, 0.15) is 6.42 Å². The molecule has 2 heterocycles. The fraction of sp³-hybridized carbons (Fsp3) is 1.00. The highest BCUT2D eigenvalue weighted by molar-refractivity contribution is 6.22. The fourth-order valence-corrected chi connectivity index (χ4v) is 3.46. The number of aliphatic hydroxyl groups excluding tert-OH is 2. The van der Waals surface area contributed by atoms with Crippen LogP contribution >= 0.6 is 11.6 Å². The Morgan fingerprint density at radius 3 is 2.80 bits per heavy atom. The van der Waals surface area contributed by atoms with Gasteiger partial charge in [-0.3, -0.25) is 0 Å². The maximum absolute atomic E-state index is 10.3. The number of rotatable bonds is 0. The molecule has 3 fully saturated rings. The van der Waals surface area contributed by atoms with Crippen molar-refractivity contribution in [1.82, 2.24) is 0 Å². The smallest absolute Gasteiger partial charge is 0.166 e. The monoisotopic (exact) mass is 236 g/mol. The number of hydrogen-bond donors (Lipinski definition) is 3. The van der Waals surface area contributed by atoms with E-state index in [-0.39, 0.29) is 24.9 Å². The highest BCUT2D eigenvalue weighted by atomic mass is 35.5. The van der Waals surface area contributed by atoms with Gasteiger partial charge in [0.15, 0.2) is 12.6 Å². The molecular formula is C9H13ClO5. The summed E-state index contributed by atoms with van der Waals surface area (Å²) in [6.45, 7) is 0.0524. The summed E-state index contributed by atoms with van der Waals surface area (Å²) in [6.07, 6.45) is -2.12. The molecule has 0 aromatic carbocycles. The third kappa shape index (κ3) is 1.16. The summed E-state index contributed by atoms with van der Waals surface area (Å²) in [6, 6.07) is 0. The molecule has 3 aliphatic rings. The molecule has 0 amide bonds. The highest BCUT2D eigenvalue weighted by Crippen LogP contribution is 2.54. The lowest BCUT2D eigenvalue weighted by molar-refractivity contribution is -0.265. The summed E-state index contributed by atoms with van der Waals surface area (Å²) >= 11 is 6.00. The molecular weight excluding hydrogens is 224 g/mol. The molecule has 6 heteroatoms. The van der Waals surface area contributed by atoms with Crippen molar-refractivity contribution in [3.63, 3.8) is 0 Å². The zero-order valence-corrected chi connectivity index (χ0v) is 8.67. The molecule has 2 saturated heterocycles. The van der Waals surface area contributed by atoms with Crippen molar-refractivity contribution < 1.29 is 24.8 Å². The van der Waals surface area contributed by atoms with Gasteiger partial charge in [0, 0.05) is 18.3 Å². The first kappa shape index (κ1) is 10.3. The van der Waals surface area contributed by atoms with Gasteiger partial charge in [0.1, 0.15) is 5.60 Å². The van der Waals surface area contributed by atoms with Crippen LogP contribution in [0.5, 0.6) is 0 Å². The van der Waals surface area contributed by atoms with E-state index < -0.39 is 29.7 Å². The summed E-state index contributed by atoms with van der Waals surface area (Å²) in [5.74, 6) is -0.591. The first-order valence-corrected chi connectivity index (χ1v) is 5.47. The highest BCUT2D eigenvalue weighted by Gasteiger charge is 2.67. The number of alkyl halides is 1. The predicted molar refractivity (Wildman–Crippen MR) is 49.0 cm³/mol. The first-order valence-electron chi connectivity index (χ1n) is 5.03. The van der Waals surface area contributed by atoms with Gasteiger partial charge in [-0.25, -0.2) is 0 Å². The molecule has 86 valence electrons. The summed E-state index contributed by atoms with van der Waals surface area (Å²) in [7, 11) is 0. The van der Waals surface area contributed by atoms with Crippen molar-refractivity contribution in [2.24, 2.45) is 11.8 Å². The summed E-state index contributed by atoms with van der Waals surface area (Å²) in [4.78, 5) is 0. The van der Waals surface area contributed by atoms with Crippen LogP contribution in [0.25, 0.3) is 0 Å². The summed E-state index contributed by atoms with van der Waals surface area (Å²) < 4.78 is 10.4. The normalized spacial score (nSPS) is 63.2. The summed E-state index contributed by atoms with van der Waals surface area (Å²) in [5, 5.41) is 28.8. The van der Waals surface area contributed by atoms with E-state index in [9.17, 15) is 15.3 Å². The minimum atomic E-state index is -1.23. The second-order valence-electron chi connectivity index (χ2n) is 4.58. The topological polar surface area (TPSA) is 79.2 Å². The van der Waals surface area contributed by atoms with Gasteiger partial charge in [-0.15, -0.1) is 11.6 Å². The lowest BCUT2D eigenvalue weighted by Crippen LogP contribution is -2.46. The molecule has 3 rings (SSSR count). The van der Waals surface area contributed by atoms with E-state index in [4.69, 9.17) is 21.1 Å². The first-order chi connectivity index (χ1) is 7.04. The molecule has 2 aliphatic heterocycles. The molecule has 1 saturated carbocycles. The lowest BCUT2D eigenvalue weighted by atomic mass is 9.84. The number of aliphatic hydroxyl groups is 3. The Bertz CT molecular complexity index is 288. The van der Waals surface area contributed by atoms with Gasteiger partial charge < -0.3 is 24.8 Å². The van der Waals surface area contributed by atoms with Gasteiger partial charge in [0.05, 0.1) is 18.1 Å². The third-order valence-electron chi connectivity index (χ3n) is 3.79. The number of hydrogen-bond acceptors (Lipinski definition) is 5. The van der Waals surface area contributed by atoms with Crippen molar-refractivity contribution in [2.45, 2.75) is 36.1 Å². The number of ether oxygens (including phenoxy) is 2. The van der Waals surface area contributed by atoms with Crippen molar-refractivity contribution in [3.8, 4) is 0 Å². The van der Waals surface area contributed by atoms with E-state index in [1.54, 1.807) is 0 Å². The molecule has 15 heavy (non-hydrogen) atoms. The molecule has 0 bridgehead atoms. The van der Waals surface area contributed by atoms with E-state index in [2.05, 4.69) is 0 Å². The van der Waals surface area contributed by atoms with Crippen molar-refractivity contribution in [2.75, 3.05) is 6.61 Å². The van der Waals surface area contributed by atoms with Crippen LogP contribution in [0.4, 0.5) is 0 Å². The Labute approximate surface area is 91.6 Å². The van der Waals surface area contributed by atoms with E-state index in [0.29, 0.717) is 0 Å². The van der Waals surface area contributed by atoms with Crippen molar-refractivity contribution in [3.05, 3.63) is 0 Å². The Kier molecular flexibility index (Phi) is 2.09. The maximum Gasteiger partial charge on any atom is 0.166 e. The van der Waals surface area contributed by atoms with Gasteiger partial charge in [-0.2, -0.15) is 0 Å². The van der Waals surface area contributed by atoms with Gasteiger partial charge in [-0.1, -0.05) is 0 Å². The van der Waals surface area contributed by atoms with E-state index in [1.165, 1.54) is 0 Å². The Morgan fingerprint density at radius 1 is 1.33 bits per heavy atom. The van der Waals surface area contributed by atoms with Crippen molar-refractivity contribution >= 4 is 11.6 Å². The Hall–Kier alpha value is 0.0900. The van der Waals surface area contributed by atoms with Crippen LogP contribution in [0.15, 0.2) is 0 Å². The fourth-order valence-electron chi connectivity index (χ4n) is 3.07. The summed E-state index contributed by atoms with van der Waals surface area (Å²) in [5.41, 5.74) is -1.23. The van der Waals surface area contributed by atoms with Crippen LogP contribution in [-0.2, 0) is 9.47 Å². The van der Waals surface area contributed by atoms with Crippen LogP contribution in [-0.4, -0.2) is 51.6 Å². The largest absolute Gasteiger partial charge is 0.391 e. The standard InChI is InChI=1S/C9H13ClO5/c10-7-6(12)3-1-4(11)15-8-5(3)9(7,13)2-14-8/h3-8,11-13H,1-2H2/t3-,4?,5-,6+,7-,8+,9-/m1/s1. The second kappa shape index (κ2) is 3.06. The van der Waals surface area contributed by atoms with E-state index in [0.717, 1.165) is 0 Å². The van der Waals surface area contributed by atoms with E-state index in [1.807, 2.05) is 0 Å². The molecule has 3 N–H and O–H groups in total. The minimum Gasteiger partial charge on any atom is -0.391 e. The Balaban J connectivity index is 1.98. The zero-order valence-electron chi connectivity index (χ0n) is 7.91. The molecule has 1 unspecified atom stereocenters. The molecule has 0 aromatic rings.